The normalized spacial score (nSPS) is 27.3. The van der Waals surface area contributed by atoms with Gasteiger partial charge in [-0.25, -0.2) is 0 Å². The summed E-state index contributed by atoms with van der Waals surface area (Å²) in [6.07, 6.45) is 19.3. The summed E-state index contributed by atoms with van der Waals surface area (Å²) in [5.41, 5.74) is 2.19. The lowest BCUT2D eigenvalue weighted by Gasteiger charge is -2.30. The molecule has 0 unspecified atom stereocenters. The third-order valence-electron chi connectivity index (χ3n) is 6.25. The van der Waals surface area contributed by atoms with Crippen molar-refractivity contribution < 1.29 is 5.21 Å². The Kier molecular flexibility index (Phi) is 6.53. The van der Waals surface area contributed by atoms with E-state index in [9.17, 15) is 5.21 Å². The summed E-state index contributed by atoms with van der Waals surface area (Å²) in [5, 5.41) is 13.7. The Morgan fingerprint density at radius 1 is 0.565 bits per heavy atom. The molecule has 3 nitrogen and oxygen atoms in total. The number of oxime groups is 1. The Hall–Kier alpha value is -0.860. The van der Waals surface area contributed by atoms with Gasteiger partial charge in [0.1, 0.15) is 5.71 Å². The van der Waals surface area contributed by atoms with Crippen molar-refractivity contribution in [2.75, 3.05) is 0 Å². The first-order valence-electron chi connectivity index (χ1n) is 10.2. The van der Waals surface area contributed by atoms with Crippen LogP contribution in [0.5, 0.6) is 0 Å². The van der Waals surface area contributed by atoms with Crippen LogP contribution in [0.25, 0.3) is 0 Å². The lowest BCUT2D eigenvalue weighted by Crippen LogP contribution is -2.34. The van der Waals surface area contributed by atoms with E-state index in [-0.39, 0.29) is 0 Å². The van der Waals surface area contributed by atoms with Gasteiger partial charge in [-0.1, -0.05) is 62.9 Å². The van der Waals surface area contributed by atoms with Gasteiger partial charge in [-0.05, 0) is 38.5 Å². The van der Waals surface area contributed by atoms with E-state index in [0.29, 0.717) is 17.9 Å². The van der Waals surface area contributed by atoms with Gasteiger partial charge < -0.3 is 5.21 Å². The van der Waals surface area contributed by atoms with Crippen molar-refractivity contribution in [2.24, 2.45) is 22.0 Å². The van der Waals surface area contributed by atoms with E-state index in [1.165, 1.54) is 102 Å². The minimum atomic E-state index is 0.456. The molecule has 23 heavy (non-hydrogen) atoms. The molecule has 0 heterocycles. The van der Waals surface area contributed by atoms with Crippen LogP contribution in [0.3, 0.4) is 0 Å². The van der Waals surface area contributed by atoms with Crippen LogP contribution in [0.2, 0.25) is 0 Å². The second-order valence-electron chi connectivity index (χ2n) is 7.96. The summed E-state index contributed by atoms with van der Waals surface area (Å²) < 4.78 is 0. The van der Waals surface area contributed by atoms with Gasteiger partial charge in [0.2, 0.25) is 0 Å². The van der Waals surface area contributed by atoms with Crippen LogP contribution in [0.4, 0.5) is 0 Å². The average Bonchev–Trinajstić information content (AvgIpc) is 2.64. The maximum absolute atomic E-state index is 9.82. The zero-order valence-corrected chi connectivity index (χ0v) is 14.7. The molecule has 0 radical (unpaired) electrons. The number of hydrogen-bond acceptors (Lipinski definition) is 3. The van der Waals surface area contributed by atoms with E-state index in [1.54, 1.807) is 0 Å². The van der Waals surface area contributed by atoms with Crippen molar-refractivity contribution in [3.63, 3.8) is 0 Å². The SMILES string of the molecule is O/N=C(/C(=N/C1CCCCC1)C1CCCCC1)C1CCCCC1. The smallest absolute Gasteiger partial charge is 0.104 e. The molecule has 0 spiro atoms. The van der Waals surface area contributed by atoms with Crippen molar-refractivity contribution in [1.29, 1.82) is 0 Å². The predicted molar refractivity (Wildman–Crippen MR) is 96.7 cm³/mol. The molecule has 3 heteroatoms. The third-order valence-corrected chi connectivity index (χ3v) is 6.25. The number of hydrogen-bond donors (Lipinski definition) is 1. The number of nitrogens with zero attached hydrogens (tertiary/aromatic N) is 2. The summed E-state index contributed by atoms with van der Waals surface area (Å²) in [4.78, 5) is 5.23. The van der Waals surface area contributed by atoms with Gasteiger partial charge in [0.05, 0.1) is 11.8 Å². The van der Waals surface area contributed by atoms with Crippen LogP contribution in [0.1, 0.15) is 96.3 Å². The zero-order chi connectivity index (χ0) is 15.9. The zero-order valence-electron chi connectivity index (χ0n) is 14.7. The fourth-order valence-electron chi connectivity index (χ4n) is 4.88. The average molecular weight is 319 g/mol. The third kappa shape index (κ3) is 4.58. The highest BCUT2D eigenvalue weighted by Crippen LogP contribution is 2.32. The fourth-order valence-corrected chi connectivity index (χ4v) is 4.88. The van der Waals surface area contributed by atoms with Gasteiger partial charge in [0, 0.05) is 11.8 Å². The highest BCUT2D eigenvalue weighted by atomic mass is 16.4. The van der Waals surface area contributed by atoms with Crippen LogP contribution < -0.4 is 0 Å². The molecule has 3 rings (SSSR count). The molecule has 3 aliphatic carbocycles. The Morgan fingerprint density at radius 3 is 1.48 bits per heavy atom. The van der Waals surface area contributed by atoms with E-state index < -0.39 is 0 Å². The van der Waals surface area contributed by atoms with Crippen molar-refractivity contribution in [1.82, 2.24) is 0 Å². The molecule has 0 amide bonds. The second kappa shape index (κ2) is 8.84. The minimum Gasteiger partial charge on any atom is -0.411 e. The van der Waals surface area contributed by atoms with E-state index in [0.717, 1.165) is 5.71 Å². The van der Waals surface area contributed by atoms with Gasteiger partial charge in [0.25, 0.3) is 0 Å². The maximum Gasteiger partial charge on any atom is 0.104 e. The van der Waals surface area contributed by atoms with Crippen LogP contribution in [0, 0.1) is 11.8 Å². The summed E-state index contributed by atoms with van der Waals surface area (Å²) in [5.74, 6) is 1.01. The topological polar surface area (TPSA) is 45.0 Å². The van der Waals surface area contributed by atoms with E-state index >= 15 is 0 Å². The van der Waals surface area contributed by atoms with Crippen molar-refractivity contribution in [2.45, 2.75) is 102 Å². The lowest BCUT2D eigenvalue weighted by molar-refractivity contribution is 0.310. The molecule has 0 aliphatic heterocycles. The second-order valence-corrected chi connectivity index (χ2v) is 7.96. The first-order chi connectivity index (χ1) is 11.4. The Bertz CT molecular complexity index is 411. The van der Waals surface area contributed by atoms with E-state index in [1.807, 2.05) is 0 Å². The van der Waals surface area contributed by atoms with Crippen LogP contribution in [-0.4, -0.2) is 22.7 Å². The van der Waals surface area contributed by atoms with Crippen molar-refractivity contribution >= 4 is 11.4 Å². The standard InChI is InChI=1S/C20H34N2O/c23-22-20(17-12-6-2-7-13-17)19(16-10-4-1-5-11-16)21-18-14-8-3-9-15-18/h16-18,23H,1-15H2/b21-19+,22-20+. The van der Waals surface area contributed by atoms with Crippen molar-refractivity contribution in [3.8, 4) is 0 Å². The summed E-state index contributed by atoms with van der Waals surface area (Å²) >= 11 is 0. The van der Waals surface area contributed by atoms with E-state index in [2.05, 4.69) is 5.16 Å². The minimum absolute atomic E-state index is 0.456. The highest BCUT2D eigenvalue weighted by molar-refractivity contribution is 6.43. The predicted octanol–water partition coefficient (Wildman–Crippen LogP) is 5.75. The summed E-state index contributed by atoms with van der Waals surface area (Å²) in [6, 6.07) is 0.487. The molecule has 0 aromatic heterocycles. The van der Waals surface area contributed by atoms with Gasteiger partial charge >= 0.3 is 0 Å². The Balaban J connectivity index is 1.81. The first-order valence-corrected chi connectivity index (χ1v) is 10.2. The molecule has 0 aromatic rings. The van der Waals surface area contributed by atoms with Gasteiger partial charge in [-0.2, -0.15) is 0 Å². The monoisotopic (exact) mass is 318 g/mol. The molecule has 3 aliphatic rings. The lowest BCUT2D eigenvalue weighted by atomic mass is 9.77. The Labute approximate surface area is 141 Å². The molecule has 1 N–H and O–H groups in total. The van der Waals surface area contributed by atoms with Crippen LogP contribution in [-0.2, 0) is 0 Å². The van der Waals surface area contributed by atoms with Crippen LogP contribution >= 0.6 is 0 Å². The van der Waals surface area contributed by atoms with Gasteiger partial charge in [-0.15, -0.1) is 0 Å². The first kappa shape index (κ1) is 17.0. The number of aliphatic imine (C=N–C) groups is 1. The number of rotatable bonds is 4. The van der Waals surface area contributed by atoms with E-state index in [4.69, 9.17) is 4.99 Å². The largest absolute Gasteiger partial charge is 0.411 e. The Morgan fingerprint density at radius 2 is 1.00 bits per heavy atom. The van der Waals surface area contributed by atoms with Crippen molar-refractivity contribution in [3.05, 3.63) is 0 Å². The highest BCUT2D eigenvalue weighted by Gasteiger charge is 2.30. The van der Waals surface area contributed by atoms with Gasteiger partial charge in [-0.3, -0.25) is 4.99 Å². The molecular weight excluding hydrogens is 284 g/mol. The molecular formula is C20H34N2O. The summed E-state index contributed by atoms with van der Waals surface area (Å²) in [7, 11) is 0. The quantitative estimate of drug-likeness (QED) is 0.400. The summed E-state index contributed by atoms with van der Waals surface area (Å²) in [6.45, 7) is 0. The molecule has 0 bridgehead atoms. The molecule has 3 saturated carbocycles. The molecule has 130 valence electrons. The molecule has 0 aromatic carbocycles. The molecule has 0 atom stereocenters. The van der Waals surface area contributed by atoms with Gasteiger partial charge in [0.15, 0.2) is 0 Å². The molecule has 3 fully saturated rings. The molecule has 0 saturated heterocycles. The fraction of sp³-hybridized carbons (Fsp3) is 0.900. The maximum atomic E-state index is 9.82. The van der Waals surface area contributed by atoms with Crippen LogP contribution in [0.15, 0.2) is 10.1 Å².